The molecule has 2 amide bonds. The van der Waals surface area contributed by atoms with Crippen LogP contribution in [-0.2, 0) is 11.2 Å². The third-order valence-corrected chi connectivity index (χ3v) is 6.05. The molecule has 2 aliphatic heterocycles. The van der Waals surface area contributed by atoms with Crippen LogP contribution in [0.5, 0.6) is 0 Å². The number of aliphatic imine (C=N–C) groups is 1. The molecule has 0 bridgehead atoms. The summed E-state index contributed by atoms with van der Waals surface area (Å²) in [6.45, 7) is 1.93. The number of hydrogen-bond acceptors (Lipinski definition) is 4. The van der Waals surface area contributed by atoms with Gasteiger partial charge in [0.25, 0.3) is 11.8 Å². The summed E-state index contributed by atoms with van der Waals surface area (Å²) in [7, 11) is 0. The maximum absolute atomic E-state index is 12.8. The molecule has 0 unspecified atom stereocenters. The standard InChI is InChI=1S/C23H23N3O3/c27-21(25-11-13-26(14-12-25)22(28)23(29)9-10-23)17-7-5-16(6-8-17)20-15-18-3-1-2-4-19(18)24-20/h1-8,29H,9-15H2. The minimum absolute atomic E-state index is 0.0228. The smallest absolute Gasteiger partial charge is 0.254 e. The van der Waals surface area contributed by atoms with Crippen molar-refractivity contribution < 1.29 is 14.7 Å². The Morgan fingerprint density at radius 3 is 2.21 bits per heavy atom. The van der Waals surface area contributed by atoms with Crippen LogP contribution in [0.2, 0.25) is 0 Å². The van der Waals surface area contributed by atoms with Gasteiger partial charge in [0.05, 0.1) is 11.4 Å². The summed E-state index contributed by atoms with van der Waals surface area (Å²) in [4.78, 5) is 33.2. The Morgan fingerprint density at radius 1 is 0.897 bits per heavy atom. The van der Waals surface area contributed by atoms with Gasteiger partial charge in [-0.05, 0) is 42.2 Å². The average Bonchev–Trinajstić information content (AvgIpc) is 3.37. The van der Waals surface area contributed by atoms with Crippen molar-refractivity contribution >= 4 is 23.2 Å². The summed E-state index contributed by atoms with van der Waals surface area (Å²) >= 11 is 0. The van der Waals surface area contributed by atoms with Crippen LogP contribution in [0.15, 0.2) is 53.5 Å². The summed E-state index contributed by atoms with van der Waals surface area (Å²) < 4.78 is 0. The van der Waals surface area contributed by atoms with Crippen LogP contribution < -0.4 is 0 Å². The molecule has 2 aromatic carbocycles. The molecule has 0 spiro atoms. The van der Waals surface area contributed by atoms with E-state index in [2.05, 4.69) is 6.07 Å². The Balaban J connectivity index is 1.22. The van der Waals surface area contributed by atoms with Crippen LogP contribution in [0, 0.1) is 0 Å². The van der Waals surface area contributed by atoms with Crippen LogP contribution in [0.4, 0.5) is 5.69 Å². The van der Waals surface area contributed by atoms with E-state index < -0.39 is 5.60 Å². The zero-order valence-electron chi connectivity index (χ0n) is 16.2. The van der Waals surface area contributed by atoms with E-state index in [1.54, 1.807) is 9.80 Å². The molecule has 0 atom stereocenters. The van der Waals surface area contributed by atoms with Gasteiger partial charge in [-0.25, -0.2) is 0 Å². The van der Waals surface area contributed by atoms with Crippen molar-refractivity contribution in [3.63, 3.8) is 0 Å². The van der Waals surface area contributed by atoms with Crippen molar-refractivity contribution in [2.75, 3.05) is 26.2 Å². The summed E-state index contributed by atoms with van der Waals surface area (Å²) in [6, 6.07) is 15.8. The third kappa shape index (κ3) is 3.34. The number of para-hydroxylation sites is 1. The predicted molar refractivity (Wildman–Crippen MR) is 109 cm³/mol. The van der Waals surface area contributed by atoms with Crippen LogP contribution in [0.25, 0.3) is 0 Å². The first-order chi connectivity index (χ1) is 14.0. The van der Waals surface area contributed by atoms with Gasteiger partial charge in [0.15, 0.2) is 0 Å². The van der Waals surface area contributed by atoms with Crippen molar-refractivity contribution in [3.8, 4) is 0 Å². The number of piperazine rings is 1. The maximum atomic E-state index is 12.8. The molecule has 6 nitrogen and oxygen atoms in total. The number of nitrogens with zero attached hydrogens (tertiary/aromatic N) is 3. The molecular weight excluding hydrogens is 366 g/mol. The lowest BCUT2D eigenvalue weighted by molar-refractivity contribution is -0.143. The van der Waals surface area contributed by atoms with E-state index in [1.165, 1.54) is 5.56 Å². The second-order valence-corrected chi connectivity index (χ2v) is 8.06. The number of rotatable bonds is 3. The average molecular weight is 389 g/mol. The van der Waals surface area contributed by atoms with Gasteiger partial charge in [-0.3, -0.25) is 14.6 Å². The lowest BCUT2D eigenvalue weighted by Crippen LogP contribution is -2.53. The molecule has 0 radical (unpaired) electrons. The number of carbonyl (C=O) groups excluding carboxylic acids is 2. The zero-order chi connectivity index (χ0) is 20.0. The monoisotopic (exact) mass is 389 g/mol. The van der Waals surface area contributed by atoms with Crippen molar-refractivity contribution in [2.24, 2.45) is 4.99 Å². The van der Waals surface area contributed by atoms with Gasteiger partial charge in [0.2, 0.25) is 0 Å². The van der Waals surface area contributed by atoms with E-state index in [0.29, 0.717) is 44.6 Å². The molecule has 1 saturated carbocycles. The molecule has 3 aliphatic rings. The van der Waals surface area contributed by atoms with Gasteiger partial charge < -0.3 is 14.9 Å². The van der Waals surface area contributed by atoms with E-state index in [0.717, 1.165) is 23.4 Å². The van der Waals surface area contributed by atoms with Crippen LogP contribution >= 0.6 is 0 Å². The van der Waals surface area contributed by atoms with Gasteiger partial charge >= 0.3 is 0 Å². The number of fused-ring (bicyclic) bond motifs is 1. The highest BCUT2D eigenvalue weighted by molar-refractivity contribution is 6.07. The topological polar surface area (TPSA) is 73.2 Å². The molecule has 2 heterocycles. The molecule has 5 rings (SSSR count). The normalized spacial score (nSPS) is 19.6. The van der Waals surface area contributed by atoms with Gasteiger partial charge in [-0.1, -0.05) is 30.3 Å². The van der Waals surface area contributed by atoms with Crippen LogP contribution in [-0.4, -0.2) is 64.2 Å². The fraction of sp³-hybridized carbons (Fsp3) is 0.348. The highest BCUT2D eigenvalue weighted by Gasteiger charge is 2.50. The van der Waals surface area contributed by atoms with E-state index in [4.69, 9.17) is 4.99 Å². The van der Waals surface area contributed by atoms with Crippen molar-refractivity contribution in [3.05, 3.63) is 65.2 Å². The zero-order valence-corrected chi connectivity index (χ0v) is 16.2. The van der Waals surface area contributed by atoms with Gasteiger partial charge in [-0.15, -0.1) is 0 Å². The third-order valence-electron chi connectivity index (χ3n) is 6.05. The number of benzene rings is 2. The Hall–Kier alpha value is -2.99. The largest absolute Gasteiger partial charge is 0.380 e. The fourth-order valence-corrected chi connectivity index (χ4v) is 4.03. The molecule has 148 valence electrons. The Kier molecular flexibility index (Phi) is 4.24. The Bertz CT molecular complexity index is 1000. The highest BCUT2D eigenvalue weighted by atomic mass is 16.3. The SMILES string of the molecule is O=C(c1ccc(C2=Nc3ccccc3C2)cc1)N1CCN(C(=O)C2(O)CC2)CC1. The quantitative estimate of drug-likeness (QED) is 0.874. The summed E-state index contributed by atoms with van der Waals surface area (Å²) in [5, 5.41) is 9.99. The Morgan fingerprint density at radius 2 is 1.55 bits per heavy atom. The molecule has 29 heavy (non-hydrogen) atoms. The lowest BCUT2D eigenvalue weighted by Gasteiger charge is -2.35. The van der Waals surface area contributed by atoms with E-state index >= 15 is 0 Å². The number of amides is 2. The minimum Gasteiger partial charge on any atom is -0.380 e. The second-order valence-electron chi connectivity index (χ2n) is 8.06. The first-order valence-corrected chi connectivity index (χ1v) is 10.1. The first-order valence-electron chi connectivity index (χ1n) is 10.1. The number of carbonyl (C=O) groups is 2. The number of aliphatic hydroxyl groups is 1. The lowest BCUT2D eigenvalue weighted by atomic mass is 10.0. The summed E-state index contributed by atoms with van der Waals surface area (Å²) in [5.41, 5.74) is 3.81. The van der Waals surface area contributed by atoms with Gasteiger partial charge in [0, 0.05) is 38.2 Å². The van der Waals surface area contributed by atoms with E-state index in [-0.39, 0.29) is 11.8 Å². The van der Waals surface area contributed by atoms with Crippen molar-refractivity contribution in [1.82, 2.24) is 9.80 Å². The van der Waals surface area contributed by atoms with Crippen LogP contribution in [0.3, 0.4) is 0 Å². The maximum Gasteiger partial charge on any atom is 0.254 e. The molecule has 6 heteroatoms. The Labute approximate surface area is 169 Å². The molecule has 1 aliphatic carbocycles. The van der Waals surface area contributed by atoms with Gasteiger partial charge in [-0.2, -0.15) is 0 Å². The first kappa shape index (κ1) is 18.1. The second kappa shape index (κ2) is 6.81. The van der Waals surface area contributed by atoms with Crippen LogP contribution in [0.1, 0.15) is 34.3 Å². The minimum atomic E-state index is -1.13. The van der Waals surface area contributed by atoms with Crippen molar-refractivity contribution in [1.29, 1.82) is 0 Å². The molecule has 0 aromatic heterocycles. The van der Waals surface area contributed by atoms with E-state index in [1.807, 2.05) is 42.5 Å². The molecule has 2 fully saturated rings. The fourth-order valence-electron chi connectivity index (χ4n) is 4.03. The summed E-state index contributed by atoms with van der Waals surface area (Å²) in [6.07, 6.45) is 1.91. The van der Waals surface area contributed by atoms with Gasteiger partial charge in [0.1, 0.15) is 5.60 Å². The molecule has 2 aromatic rings. The predicted octanol–water partition coefficient (Wildman–Crippen LogP) is 2.17. The van der Waals surface area contributed by atoms with Crippen molar-refractivity contribution in [2.45, 2.75) is 24.9 Å². The number of hydrogen-bond donors (Lipinski definition) is 1. The molecular formula is C23H23N3O3. The van der Waals surface area contributed by atoms with E-state index in [9.17, 15) is 14.7 Å². The summed E-state index contributed by atoms with van der Waals surface area (Å²) in [5.74, 6) is -0.210. The molecule has 1 saturated heterocycles. The highest BCUT2D eigenvalue weighted by Crippen LogP contribution is 2.37. The molecule has 1 N–H and O–H groups in total.